The minimum Gasteiger partial charge on any atom is -0.325 e. The van der Waals surface area contributed by atoms with E-state index in [1.165, 1.54) is 28.5 Å². The molecule has 7 heteroatoms. The van der Waals surface area contributed by atoms with Crippen LogP contribution in [0.5, 0.6) is 0 Å². The second kappa shape index (κ2) is 8.65. The van der Waals surface area contributed by atoms with Crippen molar-refractivity contribution < 1.29 is 13.2 Å². The number of carbonyl (C=O) groups excluding carboxylic acids is 1. The van der Waals surface area contributed by atoms with E-state index in [9.17, 15) is 13.2 Å². The number of anilines is 1. The predicted octanol–water partition coefficient (Wildman–Crippen LogP) is 4.27. The largest absolute Gasteiger partial charge is 0.325 e. The summed E-state index contributed by atoms with van der Waals surface area (Å²) in [5.41, 5.74) is 3.24. The molecule has 0 saturated heterocycles. The standard InChI is InChI=1S/C25H29N3O3S/c1-16-12-23(32(26,30)31)14-24(17(16)2)27-25(29)15-28(22-10-11-22)18(3)20-9-8-19-6-4-5-7-21(19)13-20/h4-9,12-14,18,22H,10-11,15H2,1-3H3,(H,27,29)(H2,26,30,31). The molecule has 1 atom stereocenters. The maximum atomic E-state index is 13.0. The van der Waals surface area contributed by atoms with Crippen LogP contribution in [0.25, 0.3) is 10.8 Å². The molecule has 1 fully saturated rings. The van der Waals surface area contributed by atoms with E-state index in [0.717, 1.165) is 24.0 Å². The predicted molar refractivity (Wildman–Crippen MR) is 128 cm³/mol. The van der Waals surface area contributed by atoms with Crippen molar-refractivity contribution >= 4 is 32.4 Å². The minimum atomic E-state index is -3.86. The van der Waals surface area contributed by atoms with E-state index in [4.69, 9.17) is 5.14 Å². The topological polar surface area (TPSA) is 92.5 Å². The summed E-state index contributed by atoms with van der Waals surface area (Å²) in [6.45, 7) is 6.02. The van der Waals surface area contributed by atoms with Crippen LogP contribution < -0.4 is 10.5 Å². The number of benzene rings is 3. The number of fused-ring (bicyclic) bond motifs is 1. The fraction of sp³-hybridized carbons (Fsp3) is 0.320. The van der Waals surface area contributed by atoms with Gasteiger partial charge in [0.2, 0.25) is 15.9 Å². The lowest BCUT2D eigenvalue weighted by molar-refractivity contribution is -0.118. The molecule has 3 aromatic carbocycles. The minimum absolute atomic E-state index is 0.000481. The van der Waals surface area contributed by atoms with Crippen molar-refractivity contribution in [2.75, 3.05) is 11.9 Å². The second-order valence-corrected chi connectivity index (χ2v) is 10.3. The van der Waals surface area contributed by atoms with Gasteiger partial charge in [-0.1, -0.05) is 36.4 Å². The van der Waals surface area contributed by atoms with Crippen LogP contribution in [0.4, 0.5) is 5.69 Å². The lowest BCUT2D eigenvalue weighted by Gasteiger charge is -2.29. The third-order valence-corrected chi connectivity index (χ3v) is 7.23. The number of carbonyl (C=O) groups is 1. The van der Waals surface area contributed by atoms with Crippen LogP contribution in [0.15, 0.2) is 59.5 Å². The number of nitrogens with one attached hydrogen (secondary N) is 1. The van der Waals surface area contributed by atoms with Gasteiger partial charge in [-0.05, 0) is 79.3 Å². The van der Waals surface area contributed by atoms with Gasteiger partial charge in [-0.25, -0.2) is 13.6 Å². The Morgan fingerprint density at radius 2 is 1.78 bits per heavy atom. The third-order valence-electron chi connectivity index (χ3n) is 6.34. The van der Waals surface area contributed by atoms with Crippen LogP contribution in [-0.2, 0) is 14.8 Å². The lowest BCUT2D eigenvalue weighted by atomic mass is 10.0. The molecule has 32 heavy (non-hydrogen) atoms. The van der Waals surface area contributed by atoms with Gasteiger partial charge in [0, 0.05) is 17.8 Å². The van der Waals surface area contributed by atoms with Crippen molar-refractivity contribution in [3.05, 3.63) is 71.3 Å². The van der Waals surface area contributed by atoms with Crippen LogP contribution >= 0.6 is 0 Å². The van der Waals surface area contributed by atoms with Crippen LogP contribution in [0.3, 0.4) is 0 Å². The van der Waals surface area contributed by atoms with E-state index in [1.807, 2.05) is 19.1 Å². The Bertz CT molecular complexity index is 1280. The number of sulfonamides is 1. The molecule has 0 heterocycles. The Morgan fingerprint density at radius 1 is 1.09 bits per heavy atom. The number of hydrogen-bond donors (Lipinski definition) is 2. The number of nitrogens with two attached hydrogens (primary N) is 1. The first kappa shape index (κ1) is 22.5. The van der Waals surface area contributed by atoms with E-state index >= 15 is 0 Å². The summed E-state index contributed by atoms with van der Waals surface area (Å²) in [7, 11) is -3.86. The number of amides is 1. The summed E-state index contributed by atoms with van der Waals surface area (Å²) in [5, 5.41) is 10.6. The Kier molecular flexibility index (Phi) is 6.07. The number of aryl methyl sites for hydroxylation is 1. The molecule has 168 valence electrons. The summed E-state index contributed by atoms with van der Waals surface area (Å²) in [5.74, 6) is -0.168. The monoisotopic (exact) mass is 451 g/mol. The van der Waals surface area contributed by atoms with Crippen molar-refractivity contribution in [3.63, 3.8) is 0 Å². The lowest BCUT2D eigenvalue weighted by Crippen LogP contribution is -2.37. The zero-order valence-electron chi connectivity index (χ0n) is 18.6. The Morgan fingerprint density at radius 3 is 2.44 bits per heavy atom. The first-order chi connectivity index (χ1) is 15.1. The van der Waals surface area contributed by atoms with Crippen molar-refractivity contribution in [2.24, 2.45) is 5.14 Å². The van der Waals surface area contributed by atoms with Crippen LogP contribution in [-0.4, -0.2) is 31.8 Å². The first-order valence-electron chi connectivity index (χ1n) is 10.8. The van der Waals surface area contributed by atoms with E-state index in [0.29, 0.717) is 11.7 Å². The molecule has 0 bridgehead atoms. The molecule has 0 radical (unpaired) electrons. The van der Waals surface area contributed by atoms with Gasteiger partial charge in [0.15, 0.2) is 0 Å². The molecule has 1 saturated carbocycles. The third kappa shape index (κ3) is 4.85. The zero-order valence-corrected chi connectivity index (χ0v) is 19.4. The summed E-state index contributed by atoms with van der Waals surface area (Å²) in [6.07, 6.45) is 2.15. The van der Waals surface area contributed by atoms with Crippen molar-refractivity contribution in [1.82, 2.24) is 4.90 Å². The van der Waals surface area contributed by atoms with Crippen molar-refractivity contribution in [2.45, 2.75) is 50.6 Å². The number of rotatable bonds is 7. The van der Waals surface area contributed by atoms with E-state index in [-0.39, 0.29) is 23.4 Å². The summed E-state index contributed by atoms with van der Waals surface area (Å²) < 4.78 is 23.6. The van der Waals surface area contributed by atoms with Crippen LogP contribution in [0.1, 0.15) is 42.5 Å². The quantitative estimate of drug-likeness (QED) is 0.561. The van der Waals surface area contributed by atoms with Crippen molar-refractivity contribution in [3.8, 4) is 0 Å². The maximum Gasteiger partial charge on any atom is 0.238 e. The molecule has 3 aromatic rings. The average molecular weight is 452 g/mol. The highest BCUT2D eigenvalue weighted by Gasteiger charge is 2.34. The molecule has 1 aliphatic carbocycles. The molecule has 1 aliphatic rings. The Labute approximate surface area is 189 Å². The smallest absolute Gasteiger partial charge is 0.238 e. The van der Waals surface area contributed by atoms with Crippen LogP contribution in [0, 0.1) is 13.8 Å². The Balaban J connectivity index is 1.55. The Hall–Kier alpha value is -2.74. The highest BCUT2D eigenvalue weighted by Crippen LogP contribution is 2.35. The fourth-order valence-corrected chi connectivity index (χ4v) is 4.75. The zero-order chi connectivity index (χ0) is 23.0. The molecule has 1 amide bonds. The number of nitrogens with zero attached hydrogens (tertiary/aromatic N) is 1. The summed E-state index contributed by atoms with van der Waals surface area (Å²) >= 11 is 0. The van der Waals surface area contributed by atoms with Gasteiger partial charge in [-0.2, -0.15) is 0 Å². The van der Waals surface area contributed by atoms with E-state index in [1.54, 1.807) is 6.92 Å². The molecule has 0 aliphatic heterocycles. The maximum absolute atomic E-state index is 13.0. The van der Waals surface area contributed by atoms with Gasteiger partial charge in [0.1, 0.15) is 0 Å². The first-order valence-corrected chi connectivity index (χ1v) is 12.4. The van der Waals surface area contributed by atoms with Gasteiger partial charge >= 0.3 is 0 Å². The van der Waals surface area contributed by atoms with Gasteiger partial charge in [-0.3, -0.25) is 9.69 Å². The SMILES string of the molecule is Cc1cc(S(N)(=O)=O)cc(NC(=O)CN(C2CC2)C(C)c2ccc3ccccc3c2)c1C. The van der Waals surface area contributed by atoms with Gasteiger partial charge in [0.25, 0.3) is 0 Å². The van der Waals surface area contributed by atoms with Gasteiger partial charge < -0.3 is 5.32 Å². The fourth-order valence-electron chi connectivity index (χ4n) is 4.12. The number of primary sulfonamides is 1. The highest BCUT2D eigenvalue weighted by atomic mass is 32.2. The molecule has 0 aromatic heterocycles. The summed E-state index contributed by atoms with van der Waals surface area (Å²) in [6, 6.07) is 18.1. The normalized spacial score (nSPS) is 15.2. The number of hydrogen-bond acceptors (Lipinski definition) is 4. The summed E-state index contributed by atoms with van der Waals surface area (Å²) in [4.78, 5) is 15.2. The molecule has 6 nitrogen and oxygen atoms in total. The highest BCUT2D eigenvalue weighted by molar-refractivity contribution is 7.89. The molecule has 1 unspecified atom stereocenters. The van der Waals surface area contributed by atoms with E-state index in [2.05, 4.69) is 47.5 Å². The molecular formula is C25H29N3O3S. The second-order valence-electron chi connectivity index (χ2n) is 8.69. The average Bonchev–Trinajstić information content (AvgIpc) is 3.59. The van der Waals surface area contributed by atoms with Crippen molar-refractivity contribution in [1.29, 1.82) is 0 Å². The molecule has 0 spiro atoms. The van der Waals surface area contributed by atoms with E-state index < -0.39 is 10.0 Å². The van der Waals surface area contributed by atoms with Crippen LogP contribution in [0.2, 0.25) is 0 Å². The molecule has 4 rings (SSSR count). The molecule has 3 N–H and O–H groups in total. The molecular weight excluding hydrogens is 422 g/mol. The van der Waals surface area contributed by atoms with Gasteiger partial charge in [0.05, 0.1) is 11.4 Å². The van der Waals surface area contributed by atoms with Gasteiger partial charge in [-0.15, -0.1) is 0 Å².